The van der Waals surface area contributed by atoms with E-state index in [4.69, 9.17) is 16.6 Å². The van der Waals surface area contributed by atoms with Crippen LogP contribution >= 0.6 is 23.4 Å². The minimum absolute atomic E-state index is 0.221. The number of benzene rings is 2. The van der Waals surface area contributed by atoms with Crippen LogP contribution in [0.15, 0.2) is 70.9 Å². The molecule has 0 fully saturated rings. The van der Waals surface area contributed by atoms with Gasteiger partial charge in [-0.1, -0.05) is 49.3 Å². The minimum Gasteiger partial charge on any atom is -0.294 e. The number of aromatic nitrogens is 4. The van der Waals surface area contributed by atoms with Crippen molar-refractivity contribution in [2.24, 2.45) is 0 Å². The molecule has 2 atom stereocenters. The predicted molar refractivity (Wildman–Crippen MR) is 137 cm³/mol. The Kier molecular flexibility index (Phi) is 7.29. The number of thioether (sulfide) groups is 1. The number of hydrogen-bond acceptors (Lipinski definition) is 6. The van der Waals surface area contributed by atoms with E-state index < -0.39 is 5.25 Å². The zero-order chi connectivity index (χ0) is 24.2. The first-order valence-corrected chi connectivity index (χ1v) is 12.2. The van der Waals surface area contributed by atoms with Gasteiger partial charge in [0.2, 0.25) is 11.9 Å². The normalized spacial score (nSPS) is 12.9. The van der Waals surface area contributed by atoms with Crippen LogP contribution in [-0.4, -0.2) is 30.7 Å². The highest BCUT2D eigenvalue weighted by molar-refractivity contribution is 8.00. The van der Waals surface area contributed by atoms with Crippen molar-refractivity contribution in [3.8, 4) is 5.69 Å². The lowest BCUT2D eigenvalue weighted by atomic mass is 9.98. The molecule has 0 saturated heterocycles. The number of fused-ring (bicyclic) bond motifs is 1. The van der Waals surface area contributed by atoms with E-state index in [9.17, 15) is 9.59 Å². The third-order valence-corrected chi connectivity index (χ3v) is 6.87. The van der Waals surface area contributed by atoms with Crippen LogP contribution in [0.1, 0.15) is 38.7 Å². The van der Waals surface area contributed by atoms with Gasteiger partial charge in [0.1, 0.15) is 0 Å². The second kappa shape index (κ2) is 10.4. The average Bonchev–Trinajstić information content (AvgIpc) is 2.85. The summed E-state index contributed by atoms with van der Waals surface area (Å²) < 4.78 is 1.53. The average molecular weight is 494 g/mol. The first kappa shape index (κ1) is 23.9. The van der Waals surface area contributed by atoms with Crippen LogP contribution in [0.3, 0.4) is 0 Å². The van der Waals surface area contributed by atoms with Gasteiger partial charge in [0.05, 0.1) is 21.8 Å². The molecule has 0 saturated carbocycles. The Balaban J connectivity index is 1.75. The third kappa shape index (κ3) is 5.13. The van der Waals surface area contributed by atoms with E-state index in [1.807, 2.05) is 24.3 Å². The van der Waals surface area contributed by atoms with Crippen LogP contribution in [0.25, 0.3) is 16.6 Å². The molecule has 2 aromatic carbocycles. The number of hydrogen-bond donors (Lipinski definition) is 1. The number of carbonyl (C=O) groups is 1. The highest BCUT2D eigenvalue weighted by Gasteiger charge is 2.21. The summed E-state index contributed by atoms with van der Waals surface area (Å²) in [5.74, 6) is 0.344. The Morgan fingerprint density at radius 2 is 1.82 bits per heavy atom. The molecule has 0 aliphatic rings. The molecule has 0 aliphatic heterocycles. The fourth-order valence-electron chi connectivity index (χ4n) is 3.42. The number of amides is 1. The van der Waals surface area contributed by atoms with Crippen LogP contribution in [0.5, 0.6) is 0 Å². The minimum atomic E-state index is -0.564. The summed E-state index contributed by atoms with van der Waals surface area (Å²) in [6, 6.07) is 14.6. The summed E-state index contributed by atoms with van der Waals surface area (Å²) in [5.41, 5.74) is 2.14. The fraction of sp³-hybridized carbons (Fsp3) is 0.240. The maximum atomic E-state index is 13.5. The Labute approximate surface area is 206 Å². The topological polar surface area (TPSA) is 89.8 Å². The highest BCUT2D eigenvalue weighted by Crippen LogP contribution is 2.27. The van der Waals surface area contributed by atoms with Crippen molar-refractivity contribution in [1.82, 2.24) is 19.5 Å². The number of halogens is 1. The second-order valence-corrected chi connectivity index (χ2v) is 9.66. The number of nitrogens with one attached hydrogen (secondary N) is 1. The van der Waals surface area contributed by atoms with Gasteiger partial charge in [-0.2, -0.15) is 0 Å². The van der Waals surface area contributed by atoms with E-state index in [0.29, 0.717) is 32.7 Å². The van der Waals surface area contributed by atoms with Gasteiger partial charge < -0.3 is 0 Å². The smallest absolute Gasteiger partial charge is 0.266 e. The molecule has 2 unspecified atom stereocenters. The molecule has 1 amide bonds. The van der Waals surface area contributed by atoms with Crippen LogP contribution in [0.2, 0.25) is 5.02 Å². The van der Waals surface area contributed by atoms with E-state index in [2.05, 4.69) is 29.1 Å². The third-order valence-electron chi connectivity index (χ3n) is 5.58. The maximum absolute atomic E-state index is 13.5. The van der Waals surface area contributed by atoms with Gasteiger partial charge in [0.25, 0.3) is 5.56 Å². The molecular formula is C25H24ClN5O2S. The molecule has 4 aromatic rings. The van der Waals surface area contributed by atoms with Gasteiger partial charge in [-0.25, -0.2) is 15.0 Å². The van der Waals surface area contributed by atoms with Crippen molar-refractivity contribution in [2.45, 2.75) is 43.5 Å². The van der Waals surface area contributed by atoms with Gasteiger partial charge >= 0.3 is 0 Å². The zero-order valence-corrected chi connectivity index (χ0v) is 20.6. The Morgan fingerprint density at radius 3 is 2.50 bits per heavy atom. The van der Waals surface area contributed by atoms with Crippen molar-refractivity contribution >= 4 is 46.1 Å². The van der Waals surface area contributed by atoms with Crippen molar-refractivity contribution in [3.63, 3.8) is 0 Å². The van der Waals surface area contributed by atoms with Crippen LogP contribution in [0, 0.1) is 0 Å². The molecule has 0 bridgehead atoms. The van der Waals surface area contributed by atoms with Gasteiger partial charge in [0.15, 0.2) is 5.16 Å². The summed E-state index contributed by atoms with van der Waals surface area (Å²) in [4.78, 5) is 39.1. The second-order valence-electron chi connectivity index (χ2n) is 7.92. The Morgan fingerprint density at radius 1 is 1.12 bits per heavy atom. The number of rotatable bonds is 7. The molecule has 2 aromatic heterocycles. The van der Waals surface area contributed by atoms with E-state index in [1.165, 1.54) is 21.9 Å². The highest BCUT2D eigenvalue weighted by atomic mass is 35.5. The van der Waals surface area contributed by atoms with Crippen molar-refractivity contribution < 1.29 is 4.79 Å². The summed E-state index contributed by atoms with van der Waals surface area (Å²) >= 11 is 7.35. The van der Waals surface area contributed by atoms with Crippen molar-refractivity contribution in [1.29, 1.82) is 0 Å². The largest absolute Gasteiger partial charge is 0.294 e. The van der Waals surface area contributed by atoms with E-state index in [0.717, 1.165) is 6.42 Å². The van der Waals surface area contributed by atoms with Crippen LogP contribution < -0.4 is 10.9 Å². The molecule has 7 nitrogen and oxygen atoms in total. The molecule has 0 spiro atoms. The molecular weight excluding hydrogens is 470 g/mol. The van der Waals surface area contributed by atoms with E-state index in [1.54, 1.807) is 43.6 Å². The van der Waals surface area contributed by atoms with E-state index in [-0.39, 0.29) is 17.4 Å². The number of carbonyl (C=O) groups excluding carboxylic acids is 1. The van der Waals surface area contributed by atoms with Gasteiger partial charge in [0, 0.05) is 17.4 Å². The first-order chi connectivity index (χ1) is 16.4. The lowest BCUT2D eigenvalue weighted by Gasteiger charge is -2.17. The molecule has 0 aliphatic carbocycles. The standard InChI is InChI=1S/C25H24ClN5O2S/c1-4-15(2)17-6-9-19(10-7-17)31-23(33)20-14-18(26)8-11-21(20)29-25(31)34-16(3)22(32)30-24-27-12-5-13-28-24/h5-16H,4H2,1-3H3,(H,27,28,30,32). The number of anilines is 1. The van der Waals surface area contributed by atoms with Gasteiger partial charge in [-0.15, -0.1) is 0 Å². The molecule has 2 heterocycles. The summed E-state index contributed by atoms with van der Waals surface area (Å²) in [6.07, 6.45) is 4.13. The SMILES string of the molecule is CCC(C)c1ccc(-n2c(SC(C)C(=O)Nc3ncccn3)nc3ccc(Cl)cc3c2=O)cc1. The van der Waals surface area contributed by atoms with E-state index >= 15 is 0 Å². The van der Waals surface area contributed by atoms with Gasteiger partial charge in [-0.05, 0) is 61.2 Å². The monoisotopic (exact) mass is 493 g/mol. The molecule has 4 rings (SSSR count). The van der Waals surface area contributed by atoms with Crippen molar-refractivity contribution in [3.05, 3.63) is 81.9 Å². The summed E-state index contributed by atoms with van der Waals surface area (Å²) in [7, 11) is 0. The Bertz CT molecular complexity index is 1380. The van der Waals surface area contributed by atoms with Crippen LogP contribution in [-0.2, 0) is 4.79 Å². The molecule has 0 radical (unpaired) electrons. The quantitative estimate of drug-likeness (QED) is 0.271. The lowest BCUT2D eigenvalue weighted by Crippen LogP contribution is -2.26. The molecule has 34 heavy (non-hydrogen) atoms. The molecule has 1 N–H and O–H groups in total. The lowest BCUT2D eigenvalue weighted by molar-refractivity contribution is -0.115. The predicted octanol–water partition coefficient (Wildman–Crippen LogP) is 5.46. The summed E-state index contributed by atoms with van der Waals surface area (Å²) in [6.45, 7) is 6.05. The Hall–Kier alpha value is -3.23. The molecule has 174 valence electrons. The molecule has 9 heteroatoms. The summed E-state index contributed by atoms with van der Waals surface area (Å²) in [5, 5.41) is 3.41. The zero-order valence-electron chi connectivity index (χ0n) is 19.0. The number of nitrogens with zero attached hydrogens (tertiary/aromatic N) is 4. The van der Waals surface area contributed by atoms with Crippen LogP contribution in [0.4, 0.5) is 5.95 Å². The van der Waals surface area contributed by atoms with Gasteiger partial charge in [-0.3, -0.25) is 19.5 Å². The fourth-order valence-corrected chi connectivity index (χ4v) is 4.52. The van der Waals surface area contributed by atoms with Crippen molar-refractivity contribution in [2.75, 3.05) is 5.32 Å². The maximum Gasteiger partial charge on any atom is 0.266 e. The first-order valence-electron chi connectivity index (χ1n) is 10.9.